The van der Waals surface area contributed by atoms with Crippen LogP contribution in [-0.4, -0.2) is 14.2 Å². The van der Waals surface area contributed by atoms with Gasteiger partial charge in [-0.15, -0.1) is 0 Å². The van der Waals surface area contributed by atoms with E-state index < -0.39 is 0 Å². The average molecular weight is 344 g/mol. The molecule has 0 saturated carbocycles. The van der Waals surface area contributed by atoms with Gasteiger partial charge in [-0.1, -0.05) is 28.1 Å². The molecule has 0 heterocycles. The summed E-state index contributed by atoms with van der Waals surface area (Å²) in [5.41, 5.74) is 2.32. The van der Waals surface area contributed by atoms with Crippen LogP contribution in [-0.2, 0) is 0 Å². The van der Waals surface area contributed by atoms with E-state index in [1.54, 1.807) is 26.4 Å². The maximum absolute atomic E-state index is 9.39. The molecule has 2 aromatic carbocycles. The monoisotopic (exact) mass is 343 g/mol. The smallest absolute Gasteiger partial charge is 0.161 e. The summed E-state index contributed by atoms with van der Waals surface area (Å²) in [7, 11) is 3.16. The second-order valence-corrected chi connectivity index (χ2v) is 5.21. The summed E-state index contributed by atoms with van der Waals surface area (Å²) in [6.07, 6.45) is 1.84. The quantitative estimate of drug-likeness (QED) is 0.604. The molecule has 2 aromatic rings. The summed E-state index contributed by atoms with van der Waals surface area (Å²) in [5, 5.41) is 9.39. The largest absolute Gasteiger partial charge is 0.493 e. The number of halogens is 1. The molecule has 0 aliphatic rings. The standard InChI is InChI=1S/C17H14BrNO2/c1-20-16-8-5-13(10-17(16)21-2)14(11-19)9-12-3-6-15(18)7-4-12/h3-10H,1-2H3. The summed E-state index contributed by atoms with van der Waals surface area (Å²) in [6, 6.07) is 15.4. The highest BCUT2D eigenvalue weighted by molar-refractivity contribution is 9.10. The molecule has 0 aromatic heterocycles. The Kier molecular flexibility index (Phi) is 5.02. The third-order valence-corrected chi connectivity index (χ3v) is 3.52. The number of methoxy groups -OCH3 is 2. The molecule has 106 valence electrons. The minimum atomic E-state index is 0.568. The molecule has 0 aliphatic carbocycles. The number of nitrogens with zero attached hydrogens (tertiary/aromatic N) is 1. The molecule has 21 heavy (non-hydrogen) atoms. The summed E-state index contributed by atoms with van der Waals surface area (Å²) in [6.45, 7) is 0. The summed E-state index contributed by atoms with van der Waals surface area (Å²) < 4.78 is 11.5. The fourth-order valence-electron chi connectivity index (χ4n) is 1.91. The van der Waals surface area contributed by atoms with Crippen molar-refractivity contribution >= 4 is 27.6 Å². The van der Waals surface area contributed by atoms with E-state index in [4.69, 9.17) is 9.47 Å². The predicted molar refractivity (Wildman–Crippen MR) is 87.2 cm³/mol. The molecule has 0 aliphatic heterocycles. The lowest BCUT2D eigenvalue weighted by atomic mass is 10.0. The fourth-order valence-corrected chi connectivity index (χ4v) is 2.17. The first-order valence-electron chi connectivity index (χ1n) is 6.27. The van der Waals surface area contributed by atoms with Crippen molar-refractivity contribution in [3.8, 4) is 17.6 Å². The molecule has 2 rings (SSSR count). The lowest BCUT2D eigenvalue weighted by Crippen LogP contribution is -1.92. The maximum atomic E-state index is 9.39. The Labute approximate surface area is 132 Å². The fraction of sp³-hybridized carbons (Fsp3) is 0.118. The van der Waals surface area contributed by atoms with Crippen molar-refractivity contribution in [1.29, 1.82) is 5.26 Å². The van der Waals surface area contributed by atoms with Crippen LogP contribution in [0.1, 0.15) is 11.1 Å². The Morgan fingerprint density at radius 3 is 2.29 bits per heavy atom. The number of ether oxygens (including phenoxy) is 2. The van der Waals surface area contributed by atoms with E-state index >= 15 is 0 Å². The van der Waals surface area contributed by atoms with Crippen LogP contribution in [0.25, 0.3) is 11.6 Å². The maximum Gasteiger partial charge on any atom is 0.161 e. The minimum Gasteiger partial charge on any atom is -0.493 e. The zero-order valence-corrected chi connectivity index (χ0v) is 13.3. The van der Waals surface area contributed by atoms with Gasteiger partial charge in [0, 0.05) is 4.47 Å². The van der Waals surface area contributed by atoms with Crippen molar-refractivity contribution in [1.82, 2.24) is 0 Å². The third kappa shape index (κ3) is 3.65. The molecule has 0 N–H and O–H groups in total. The lowest BCUT2D eigenvalue weighted by molar-refractivity contribution is 0.355. The Bertz CT molecular complexity index is 700. The van der Waals surface area contributed by atoms with Gasteiger partial charge in [0.25, 0.3) is 0 Å². The van der Waals surface area contributed by atoms with E-state index in [9.17, 15) is 5.26 Å². The van der Waals surface area contributed by atoms with Gasteiger partial charge in [0.2, 0.25) is 0 Å². The highest BCUT2D eigenvalue weighted by Crippen LogP contribution is 2.30. The normalized spacial score (nSPS) is 10.9. The van der Waals surface area contributed by atoms with Crippen molar-refractivity contribution in [3.63, 3.8) is 0 Å². The highest BCUT2D eigenvalue weighted by atomic mass is 79.9. The van der Waals surface area contributed by atoms with Gasteiger partial charge < -0.3 is 9.47 Å². The molecular formula is C17H14BrNO2. The number of hydrogen-bond acceptors (Lipinski definition) is 3. The van der Waals surface area contributed by atoms with Crippen LogP contribution in [0.2, 0.25) is 0 Å². The van der Waals surface area contributed by atoms with Gasteiger partial charge >= 0.3 is 0 Å². The van der Waals surface area contributed by atoms with Crippen molar-refractivity contribution in [2.45, 2.75) is 0 Å². The van der Waals surface area contributed by atoms with Crippen LogP contribution in [0.4, 0.5) is 0 Å². The van der Waals surface area contributed by atoms with Crippen molar-refractivity contribution in [2.24, 2.45) is 0 Å². The first-order chi connectivity index (χ1) is 10.2. The van der Waals surface area contributed by atoms with Crippen LogP contribution in [0.3, 0.4) is 0 Å². The Balaban J connectivity index is 2.42. The summed E-state index contributed by atoms with van der Waals surface area (Å²) in [4.78, 5) is 0. The van der Waals surface area contributed by atoms with E-state index in [2.05, 4.69) is 22.0 Å². The Morgan fingerprint density at radius 1 is 1.05 bits per heavy atom. The van der Waals surface area contributed by atoms with Gasteiger partial charge in [0.1, 0.15) is 0 Å². The number of rotatable bonds is 4. The number of benzene rings is 2. The van der Waals surface area contributed by atoms with Gasteiger partial charge in [0.15, 0.2) is 11.5 Å². The molecule has 3 nitrogen and oxygen atoms in total. The van der Waals surface area contributed by atoms with E-state index in [1.165, 1.54) is 0 Å². The van der Waals surface area contributed by atoms with Crippen LogP contribution in [0.15, 0.2) is 46.9 Å². The van der Waals surface area contributed by atoms with Crippen molar-refractivity contribution in [3.05, 3.63) is 58.1 Å². The second kappa shape index (κ2) is 6.96. The van der Waals surface area contributed by atoms with Gasteiger partial charge in [0.05, 0.1) is 25.9 Å². The number of nitriles is 1. The van der Waals surface area contributed by atoms with Crippen LogP contribution >= 0.6 is 15.9 Å². The average Bonchev–Trinajstić information content (AvgIpc) is 2.53. The molecule has 0 spiro atoms. The second-order valence-electron chi connectivity index (χ2n) is 4.29. The Hall–Kier alpha value is -2.25. The van der Waals surface area contributed by atoms with Gasteiger partial charge in [-0.3, -0.25) is 0 Å². The molecule has 4 heteroatoms. The predicted octanol–water partition coefficient (Wildman–Crippen LogP) is 4.53. The van der Waals surface area contributed by atoms with Crippen molar-refractivity contribution in [2.75, 3.05) is 14.2 Å². The minimum absolute atomic E-state index is 0.568. The summed E-state index contributed by atoms with van der Waals surface area (Å²) >= 11 is 3.39. The molecular weight excluding hydrogens is 330 g/mol. The molecule has 0 unspecified atom stereocenters. The van der Waals surface area contributed by atoms with E-state index in [0.29, 0.717) is 17.1 Å². The molecule has 0 saturated heterocycles. The van der Waals surface area contributed by atoms with Gasteiger partial charge in [-0.25, -0.2) is 0 Å². The number of hydrogen-bond donors (Lipinski definition) is 0. The zero-order valence-electron chi connectivity index (χ0n) is 11.8. The van der Waals surface area contributed by atoms with E-state index in [-0.39, 0.29) is 0 Å². The van der Waals surface area contributed by atoms with Crippen molar-refractivity contribution < 1.29 is 9.47 Å². The summed E-state index contributed by atoms with van der Waals surface area (Å²) in [5.74, 6) is 1.24. The van der Waals surface area contributed by atoms with Gasteiger partial charge in [-0.05, 0) is 47.5 Å². The molecule has 0 radical (unpaired) electrons. The Morgan fingerprint density at radius 2 is 1.71 bits per heavy atom. The van der Waals surface area contributed by atoms with Crippen LogP contribution in [0.5, 0.6) is 11.5 Å². The topological polar surface area (TPSA) is 42.2 Å². The third-order valence-electron chi connectivity index (χ3n) is 3.00. The first kappa shape index (κ1) is 15.1. The van der Waals surface area contributed by atoms with Gasteiger partial charge in [-0.2, -0.15) is 5.26 Å². The van der Waals surface area contributed by atoms with Crippen LogP contribution in [0, 0.1) is 11.3 Å². The molecule has 0 fully saturated rings. The first-order valence-corrected chi connectivity index (χ1v) is 7.07. The number of allylic oxidation sites excluding steroid dienone is 1. The molecule has 0 atom stereocenters. The van der Waals surface area contributed by atoms with E-state index in [1.807, 2.05) is 36.4 Å². The molecule has 0 amide bonds. The SMILES string of the molecule is COc1ccc(C(C#N)=Cc2ccc(Br)cc2)cc1OC. The van der Waals surface area contributed by atoms with Crippen LogP contribution < -0.4 is 9.47 Å². The molecule has 0 bridgehead atoms. The lowest BCUT2D eigenvalue weighted by Gasteiger charge is -2.09. The zero-order chi connectivity index (χ0) is 15.2. The highest BCUT2D eigenvalue weighted by Gasteiger charge is 2.08. The van der Waals surface area contributed by atoms with E-state index in [0.717, 1.165) is 15.6 Å².